The fourth-order valence-corrected chi connectivity index (χ4v) is 2.37. The maximum atomic E-state index is 11.2. The molecule has 0 aromatic rings. The molecule has 1 rings (SSSR count). The Bertz CT molecular complexity index is 248. The third kappa shape index (κ3) is 1.07. The molecule has 2 atom stereocenters. The minimum absolute atomic E-state index is 0.134. The van der Waals surface area contributed by atoms with Gasteiger partial charge in [0.25, 0.3) is 10.8 Å². The third-order valence-electron chi connectivity index (χ3n) is 1.68. The molecule has 68 valence electrons. The molecule has 0 aromatic heterocycles. The summed E-state index contributed by atoms with van der Waals surface area (Å²) in [6.07, 6.45) is 0. The first-order chi connectivity index (χ1) is 5.51. The molecular weight excluding hydrogens is 182 g/mol. The Balaban J connectivity index is 3.10. The van der Waals surface area contributed by atoms with Crippen LogP contribution in [0.2, 0.25) is 0 Å². The van der Waals surface area contributed by atoms with E-state index in [9.17, 15) is 13.8 Å². The van der Waals surface area contributed by atoms with E-state index in [0.29, 0.717) is 0 Å². The van der Waals surface area contributed by atoms with Gasteiger partial charge < -0.3 is 10.5 Å². The van der Waals surface area contributed by atoms with Gasteiger partial charge >= 0.3 is 0 Å². The number of Topliss-reactive ketones (excluding diaryl/α,β-unsaturated/α-hetero) is 1. The topological polar surface area (TPSA) is 86.5 Å². The molecule has 2 N–H and O–H groups in total. The van der Waals surface area contributed by atoms with Gasteiger partial charge in [0, 0.05) is 0 Å². The zero-order valence-electron chi connectivity index (χ0n) is 6.53. The summed E-state index contributed by atoms with van der Waals surface area (Å²) >= 11 is 0. The smallest absolute Gasteiger partial charge is 0.279 e. The Kier molecular flexibility index (Phi) is 2.29. The summed E-state index contributed by atoms with van der Waals surface area (Å²) in [5, 5.41) is 0. The average Bonchev–Trinajstić information content (AvgIpc) is 2.31. The lowest BCUT2D eigenvalue weighted by atomic mass is 10.2. The Morgan fingerprint density at radius 1 is 1.58 bits per heavy atom. The molecule has 5 nitrogen and oxygen atoms in total. The first-order valence-electron chi connectivity index (χ1n) is 3.35. The number of amides is 1. The second-order valence-corrected chi connectivity index (χ2v) is 4.11. The van der Waals surface area contributed by atoms with Crippen molar-refractivity contribution in [3.63, 3.8) is 0 Å². The van der Waals surface area contributed by atoms with Gasteiger partial charge in [-0.1, -0.05) is 0 Å². The van der Waals surface area contributed by atoms with E-state index >= 15 is 0 Å². The van der Waals surface area contributed by atoms with Crippen LogP contribution in [0, 0.1) is 0 Å². The highest BCUT2D eigenvalue weighted by atomic mass is 32.2. The number of ether oxygens (including phenoxy) is 1. The van der Waals surface area contributed by atoms with Crippen molar-refractivity contribution < 1.29 is 18.5 Å². The third-order valence-corrected chi connectivity index (χ3v) is 3.47. The number of carbonyl (C=O) groups is 2. The molecule has 1 fully saturated rings. The number of hydrogen-bond donors (Lipinski definition) is 1. The molecule has 1 aliphatic heterocycles. The summed E-state index contributed by atoms with van der Waals surface area (Å²) in [4.78, 5) is 20.0. The van der Waals surface area contributed by atoms with Crippen LogP contribution in [-0.2, 0) is 25.1 Å². The van der Waals surface area contributed by atoms with E-state index < -0.39 is 27.4 Å². The van der Waals surface area contributed by atoms with Gasteiger partial charge in [0.15, 0.2) is 5.78 Å². The van der Waals surface area contributed by atoms with E-state index in [1.807, 2.05) is 0 Å². The minimum atomic E-state index is -1.87. The highest BCUT2D eigenvalue weighted by molar-refractivity contribution is 7.88. The van der Waals surface area contributed by atoms with Crippen molar-refractivity contribution in [3.05, 3.63) is 0 Å². The molecule has 1 amide bonds. The predicted molar refractivity (Wildman–Crippen MR) is 41.6 cm³/mol. The van der Waals surface area contributed by atoms with Crippen molar-refractivity contribution in [1.82, 2.24) is 0 Å². The molecule has 0 aromatic carbocycles. The second-order valence-electron chi connectivity index (χ2n) is 2.44. The normalized spacial score (nSPS) is 34.9. The maximum absolute atomic E-state index is 11.2. The number of hydrogen-bond acceptors (Lipinski definition) is 4. The molecule has 1 aliphatic rings. The summed E-state index contributed by atoms with van der Waals surface area (Å²) in [7, 11) is -1.63. The second kappa shape index (κ2) is 2.95. The standard InChI is InChI=1S/C6H9NO4S/c1-4(8)6(5(7)9)11-2-3-12(6)10/h2-3H2,1H3,(H2,7,9)/t6-,12-/m1/s1. The van der Waals surface area contributed by atoms with Crippen molar-refractivity contribution >= 4 is 22.5 Å². The minimum Gasteiger partial charge on any atom is -0.366 e. The molecule has 0 aliphatic carbocycles. The van der Waals surface area contributed by atoms with Gasteiger partial charge in [-0.2, -0.15) is 0 Å². The van der Waals surface area contributed by atoms with Crippen LogP contribution in [0.4, 0.5) is 0 Å². The van der Waals surface area contributed by atoms with Gasteiger partial charge in [0.05, 0.1) is 23.2 Å². The largest absolute Gasteiger partial charge is 0.366 e. The molecule has 12 heavy (non-hydrogen) atoms. The van der Waals surface area contributed by atoms with Gasteiger partial charge in [0.1, 0.15) is 0 Å². The van der Waals surface area contributed by atoms with Gasteiger partial charge in [-0.3, -0.25) is 13.8 Å². The summed E-state index contributed by atoms with van der Waals surface area (Å²) in [5.74, 6) is -1.38. The van der Waals surface area contributed by atoms with Crippen LogP contribution in [0.5, 0.6) is 0 Å². The van der Waals surface area contributed by atoms with E-state index in [4.69, 9.17) is 10.5 Å². The maximum Gasteiger partial charge on any atom is 0.279 e. The summed E-state index contributed by atoms with van der Waals surface area (Å²) in [6, 6.07) is 0. The van der Waals surface area contributed by atoms with E-state index in [0.717, 1.165) is 6.92 Å². The van der Waals surface area contributed by atoms with Crippen molar-refractivity contribution in [1.29, 1.82) is 0 Å². The van der Waals surface area contributed by atoms with E-state index in [1.54, 1.807) is 0 Å². The van der Waals surface area contributed by atoms with Crippen LogP contribution in [0.3, 0.4) is 0 Å². The molecule has 0 spiro atoms. The van der Waals surface area contributed by atoms with E-state index in [2.05, 4.69) is 0 Å². The zero-order chi connectivity index (χ0) is 9.35. The number of nitrogens with two attached hydrogens (primary N) is 1. The fraction of sp³-hybridized carbons (Fsp3) is 0.667. The van der Waals surface area contributed by atoms with Crippen LogP contribution in [0.15, 0.2) is 0 Å². The highest BCUT2D eigenvalue weighted by Crippen LogP contribution is 2.23. The van der Waals surface area contributed by atoms with Gasteiger partial charge in [-0.05, 0) is 6.92 Å². The quantitative estimate of drug-likeness (QED) is 0.540. The molecule has 1 saturated heterocycles. The number of carbonyl (C=O) groups excluding carboxylic acids is 2. The first-order valence-corrected chi connectivity index (χ1v) is 4.67. The lowest BCUT2D eigenvalue weighted by Crippen LogP contribution is -2.52. The zero-order valence-corrected chi connectivity index (χ0v) is 7.35. The van der Waals surface area contributed by atoms with Gasteiger partial charge in [-0.15, -0.1) is 0 Å². The fourth-order valence-electron chi connectivity index (χ4n) is 1.09. The van der Waals surface area contributed by atoms with Crippen molar-refractivity contribution in [2.24, 2.45) is 5.73 Å². The van der Waals surface area contributed by atoms with Crippen molar-refractivity contribution in [2.45, 2.75) is 11.9 Å². The molecule has 1 heterocycles. The highest BCUT2D eigenvalue weighted by Gasteiger charge is 2.52. The Hall–Kier alpha value is -0.750. The van der Waals surface area contributed by atoms with E-state index in [-0.39, 0.29) is 12.4 Å². The van der Waals surface area contributed by atoms with Crippen LogP contribution in [-0.4, -0.2) is 33.2 Å². The summed E-state index contributed by atoms with van der Waals surface area (Å²) in [6.45, 7) is 1.28. The molecule has 6 heteroatoms. The summed E-state index contributed by atoms with van der Waals surface area (Å²) < 4.78 is 16.1. The molecule has 0 bridgehead atoms. The van der Waals surface area contributed by atoms with E-state index in [1.165, 1.54) is 0 Å². The lowest BCUT2D eigenvalue weighted by Gasteiger charge is -2.18. The van der Waals surface area contributed by atoms with Crippen LogP contribution in [0.1, 0.15) is 6.92 Å². The number of rotatable bonds is 2. The Morgan fingerprint density at radius 2 is 2.17 bits per heavy atom. The molecule has 0 saturated carbocycles. The SMILES string of the molecule is CC(=O)[C@@]1(C(N)=O)OCC[S@]1=O. The Labute approximate surface area is 71.7 Å². The first kappa shape index (κ1) is 9.34. The molecule has 0 unspecified atom stereocenters. The van der Waals surface area contributed by atoms with Crippen LogP contribution in [0.25, 0.3) is 0 Å². The predicted octanol–water partition coefficient (Wildman–Crippen LogP) is -1.46. The van der Waals surface area contributed by atoms with Gasteiger partial charge in [-0.25, -0.2) is 0 Å². The molecular formula is C6H9NO4S. The average molecular weight is 191 g/mol. The lowest BCUT2D eigenvalue weighted by molar-refractivity contribution is -0.143. The van der Waals surface area contributed by atoms with Crippen LogP contribution >= 0.6 is 0 Å². The summed E-state index contributed by atoms with van der Waals surface area (Å²) in [5.41, 5.74) is 4.95. The Morgan fingerprint density at radius 3 is 2.33 bits per heavy atom. The molecule has 0 radical (unpaired) electrons. The van der Waals surface area contributed by atoms with Crippen molar-refractivity contribution in [2.75, 3.05) is 12.4 Å². The van der Waals surface area contributed by atoms with Crippen molar-refractivity contribution in [3.8, 4) is 0 Å². The van der Waals surface area contributed by atoms with Gasteiger partial charge in [0.2, 0.25) is 0 Å². The van der Waals surface area contributed by atoms with Crippen LogP contribution < -0.4 is 5.73 Å². The monoisotopic (exact) mass is 191 g/mol. The number of ketones is 1. The number of primary amides is 1.